The van der Waals surface area contributed by atoms with Crippen molar-refractivity contribution in [1.29, 1.82) is 5.41 Å². The molecule has 7 heavy (non-hydrogen) atoms. The van der Waals surface area contributed by atoms with Crippen LogP contribution in [0.1, 0.15) is 13.3 Å². The summed E-state index contributed by atoms with van der Waals surface area (Å²) >= 11 is 0. The molecule has 0 bridgehead atoms. The van der Waals surface area contributed by atoms with Gasteiger partial charge in [0.1, 0.15) is 0 Å². The molecule has 0 saturated heterocycles. The maximum atomic E-state index is 6.56. The molecule has 0 aliphatic carbocycles. The predicted molar refractivity (Wildman–Crippen MR) is 31.3 cm³/mol. The van der Waals surface area contributed by atoms with Gasteiger partial charge in [-0.15, -0.1) is 0 Å². The lowest BCUT2D eigenvalue weighted by Crippen LogP contribution is -1.93. The Labute approximate surface area is 43.5 Å². The molecule has 0 aromatic rings. The third-order valence-electron chi connectivity index (χ3n) is 0.706. The largest absolute Gasteiger partial charge is 0.402 e. The molecule has 0 spiro atoms. The summed E-state index contributed by atoms with van der Waals surface area (Å²) in [5, 5.41) is 6.56. The van der Waals surface area contributed by atoms with Crippen molar-refractivity contribution in [1.82, 2.24) is 0 Å². The first-order valence-corrected chi connectivity index (χ1v) is 2.26. The molecular formula is C5H10N2. The molecule has 0 rings (SSSR count). The van der Waals surface area contributed by atoms with Crippen LogP contribution in [0.25, 0.3) is 0 Å². The summed E-state index contributed by atoms with van der Waals surface area (Å²) in [4.78, 5) is 0. The number of rotatable bonds is 2. The maximum Gasteiger partial charge on any atom is 0.0194 e. The van der Waals surface area contributed by atoms with E-state index >= 15 is 0 Å². The van der Waals surface area contributed by atoms with Gasteiger partial charge in [-0.2, -0.15) is 0 Å². The molecule has 0 amide bonds. The summed E-state index contributed by atoms with van der Waals surface area (Å²) in [5.41, 5.74) is 6.05. The minimum atomic E-state index is 0.759. The number of nitrogens with one attached hydrogen (secondary N) is 1. The second-order valence-corrected chi connectivity index (χ2v) is 1.26. The second-order valence-electron chi connectivity index (χ2n) is 1.26. The zero-order chi connectivity index (χ0) is 5.70. The Hall–Kier alpha value is -0.790. The van der Waals surface area contributed by atoms with Crippen LogP contribution < -0.4 is 5.73 Å². The predicted octanol–water partition coefficient (Wildman–Crippen LogP) is 0.889. The molecule has 0 aliphatic heterocycles. The van der Waals surface area contributed by atoms with Crippen LogP contribution in [0, 0.1) is 5.41 Å². The van der Waals surface area contributed by atoms with Crippen LogP contribution in [0.3, 0.4) is 0 Å². The smallest absolute Gasteiger partial charge is 0.0194 e. The van der Waals surface area contributed by atoms with Crippen molar-refractivity contribution in [2.75, 3.05) is 0 Å². The van der Waals surface area contributed by atoms with E-state index in [2.05, 4.69) is 0 Å². The highest BCUT2D eigenvalue weighted by Gasteiger charge is 1.75. The van der Waals surface area contributed by atoms with E-state index in [4.69, 9.17) is 11.1 Å². The van der Waals surface area contributed by atoms with Crippen molar-refractivity contribution in [2.24, 2.45) is 5.73 Å². The van der Waals surface area contributed by atoms with E-state index in [0.717, 1.165) is 12.1 Å². The van der Waals surface area contributed by atoms with Crippen LogP contribution in [-0.2, 0) is 0 Å². The van der Waals surface area contributed by atoms with Crippen molar-refractivity contribution < 1.29 is 0 Å². The highest BCUT2D eigenvalue weighted by Crippen LogP contribution is 1.85. The quantitative estimate of drug-likeness (QED) is 0.495. The van der Waals surface area contributed by atoms with Crippen LogP contribution in [0.2, 0.25) is 0 Å². The number of hydrogen-bond donors (Lipinski definition) is 2. The van der Waals surface area contributed by atoms with Crippen molar-refractivity contribution >= 4 is 6.21 Å². The molecule has 0 aliphatic rings. The van der Waals surface area contributed by atoms with Crippen LogP contribution in [0.15, 0.2) is 11.8 Å². The Bertz CT molecular complexity index is 84.1. The normalized spacial score (nSPS) is 11.3. The lowest BCUT2D eigenvalue weighted by atomic mass is 10.3. The number of hydrogen-bond acceptors (Lipinski definition) is 2. The molecule has 0 atom stereocenters. The highest BCUT2D eigenvalue weighted by atomic mass is 14.6. The van der Waals surface area contributed by atoms with Crippen molar-refractivity contribution in [3.05, 3.63) is 11.8 Å². The zero-order valence-corrected chi connectivity index (χ0v) is 4.44. The van der Waals surface area contributed by atoms with E-state index in [0.29, 0.717) is 0 Å². The van der Waals surface area contributed by atoms with Gasteiger partial charge in [-0.3, -0.25) is 0 Å². The van der Waals surface area contributed by atoms with E-state index in [-0.39, 0.29) is 0 Å². The molecule has 0 aromatic carbocycles. The van der Waals surface area contributed by atoms with Crippen LogP contribution in [0.5, 0.6) is 0 Å². The molecule has 0 unspecified atom stereocenters. The van der Waals surface area contributed by atoms with Gasteiger partial charge in [0.25, 0.3) is 0 Å². The Morgan fingerprint density at radius 1 is 1.86 bits per heavy atom. The lowest BCUT2D eigenvalue weighted by molar-refractivity contribution is 1.07. The van der Waals surface area contributed by atoms with Crippen molar-refractivity contribution in [2.45, 2.75) is 13.3 Å². The molecule has 2 heteroatoms. The minimum Gasteiger partial charge on any atom is -0.402 e. The summed E-state index contributed by atoms with van der Waals surface area (Å²) in [5.74, 6) is 0. The Kier molecular flexibility index (Phi) is 3.02. The van der Waals surface area contributed by atoms with Crippen LogP contribution in [-0.4, -0.2) is 6.21 Å². The van der Waals surface area contributed by atoms with Crippen molar-refractivity contribution in [3.63, 3.8) is 0 Å². The molecule has 0 fully saturated rings. The monoisotopic (exact) mass is 98.1 g/mol. The topological polar surface area (TPSA) is 49.9 Å². The van der Waals surface area contributed by atoms with Gasteiger partial charge < -0.3 is 11.1 Å². The van der Waals surface area contributed by atoms with Gasteiger partial charge in [0.2, 0.25) is 0 Å². The fourth-order valence-corrected chi connectivity index (χ4v) is 0.225. The standard InChI is InChI=1S/C5H10N2/c1-2-5(7)3-4-6/h3-4,6H,2,7H2,1H3/b5-3-,6-4?. The summed E-state index contributed by atoms with van der Waals surface area (Å²) in [7, 11) is 0. The third kappa shape index (κ3) is 3.03. The summed E-state index contributed by atoms with van der Waals surface area (Å²) in [6.45, 7) is 1.95. The van der Waals surface area contributed by atoms with E-state index in [1.165, 1.54) is 6.21 Å². The Morgan fingerprint density at radius 2 is 2.43 bits per heavy atom. The second kappa shape index (κ2) is 3.40. The van der Waals surface area contributed by atoms with Gasteiger partial charge in [0.15, 0.2) is 0 Å². The average molecular weight is 98.1 g/mol. The fourth-order valence-electron chi connectivity index (χ4n) is 0.225. The molecule has 2 nitrogen and oxygen atoms in total. The van der Waals surface area contributed by atoms with Gasteiger partial charge in [-0.1, -0.05) is 6.92 Å². The first-order chi connectivity index (χ1) is 3.31. The molecule has 0 radical (unpaired) electrons. The van der Waals surface area contributed by atoms with E-state index in [9.17, 15) is 0 Å². The molecule has 40 valence electrons. The zero-order valence-electron chi connectivity index (χ0n) is 4.44. The minimum absolute atomic E-state index is 0.759. The van der Waals surface area contributed by atoms with E-state index < -0.39 is 0 Å². The Morgan fingerprint density at radius 3 is 2.57 bits per heavy atom. The number of nitrogens with two attached hydrogens (primary N) is 1. The van der Waals surface area contributed by atoms with E-state index in [1.54, 1.807) is 6.08 Å². The average Bonchev–Trinajstić information content (AvgIpc) is 1.68. The first-order valence-electron chi connectivity index (χ1n) is 2.26. The van der Waals surface area contributed by atoms with Gasteiger partial charge in [-0.25, -0.2) is 0 Å². The van der Waals surface area contributed by atoms with Gasteiger partial charge in [0.05, 0.1) is 0 Å². The highest BCUT2D eigenvalue weighted by molar-refractivity contribution is 5.68. The van der Waals surface area contributed by atoms with E-state index in [1.807, 2.05) is 6.92 Å². The summed E-state index contributed by atoms with van der Waals surface area (Å²) in [6, 6.07) is 0. The molecule has 0 heterocycles. The molecule has 0 aromatic heterocycles. The number of allylic oxidation sites excluding steroid dienone is 2. The maximum absolute atomic E-state index is 6.56. The summed E-state index contributed by atoms with van der Waals surface area (Å²) in [6.07, 6.45) is 3.61. The fraction of sp³-hybridized carbons (Fsp3) is 0.400. The third-order valence-corrected chi connectivity index (χ3v) is 0.706. The molecule has 3 N–H and O–H groups in total. The molecule has 0 saturated carbocycles. The first kappa shape index (κ1) is 6.21. The Balaban J connectivity index is 3.49. The van der Waals surface area contributed by atoms with Gasteiger partial charge >= 0.3 is 0 Å². The van der Waals surface area contributed by atoms with Gasteiger partial charge in [0, 0.05) is 11.9 Å². The van der Waals surface area contributed by atoms with Crippen LogP contribution >= 0.6 is 0 Å². The van der Waals surface area contributed by atoms with Crippen LogP contribution in [0.4, 0.5) is 0 Å². The lowest BCUT2D eigenvalue weighted by Gasteiger charge is -1.86. The summed E-state index contributed by atoms with van der Waals surface area (Å²) < 4.78 is 0. The van der Waals surface area contributed by atoms with Crippen molar-refractivity contribution in [3.8, 4) is 0 Å². The van der Waals surface area contributed by atoms with Gasteiger partial charge in [-0.05, 0) is 12.5 Å². The molecular weight excluding hydrogens is 88.1 g/mol. The SMILES string of the molecule is CC/C(N)=C/C=N.